The predicted molar refractivity (Wildman–Crippen MR) is 76.4 cm³/mol. The van der Waals surface area contributed by atoms with E-state index in [2.05, 4.69) is 24.6 Å². The summed E-state index contributed by atoms with van der Waals surface area (Å²) in [4.78, 5) is 23.1. The number of hydrogen-bond donors (Lipinski definition) is 1. The molecule has 20 heavy (non-hydrogen) atoms. The molecule has 0 aromatic carbocycles. The molecule has 0 aliphatic rings. The van der Waals surface area contributed by atoms with Crippen molar-refractivity contribution in [2.24, 2.45) is 0 Å². The van der Waals surface area contributed by atoms with Crippen molar-refractivity contribution in [1.82, 2.24) is 19.3 Å². The van der Waals surface area contributed by atoms with Gasteiger partial charge in [-0.05, 0) is 30.2 Å². The van der Waals surface area contributed by atoms with Gasteiger partial charge in [0.2, 0.25) is 5.95 Å². The highest BCUT2D eigenvalue weighted by Gasteiger charge is 2.23. The molecule has 2 rings (SSSR count). The summed E-state index contributed by atoms with van der Waals surface area (Å²) < 4.78 is 4.78. The summed E-state index contributed by atoms with van der Waals surface area (Å²) in [6.45, 7) is 3.54. The molecule has 106 valence electrons. The van der Waals surface area contributed by atoms with Gasteiger partial charge in [0.1, 0.15) is 11.5 Å². The second kappa shape index (κ2) is 6.09. The largest absolute Gasteiger partial charge is 0.357 e. The molecule has 0 aliphatic carbocycles. The monoisotopic (exact) mass is 312 g/mol. The Morgan fingerprint density at radius 3 is 2.70 bits per heavy atom. The fraction of sp³-hybridized carbons (Fsp3) is 0.400. The number of nitrogens with zero attached hydrogens (tertiary/aromatic N) is 5. The number of aromatic nitrogens is 4. The number of anilines is 1. The first-order chi connectivity index (χ1) is 9.55. The van der Waals surface area contributed by atoms with Crippen LogP contribution >= 0.6 is 23.3 Å². The Balaban J connectivity index is 2.42. The van der Waals surface area contributed by atoms with Crippen LogP contribution in [-0.2, 0) is 6.42 Å². The first-order valence-electron chi connectivity index (χ1n) is 5.76. The van der Waals surface area contributed by atoms with E-state index < -0.39 is 4.92 Å². The average Bonchev–Trinajstić information content (AvgIpc) is 2.85. The van der Waals surface area contributed by atoms with Gasteiger partial charge in [0.25, 0.3) is 0 Å². The van der Waals surface area contributed by atoms with Gasteiger partial charge in [-0.15, -0.1) is 0 Å². The molecule has 2 aromatic rings. The van der Waals surface area contributed by atoms with Crippen LogP contribution in [0.4, 0.5) is 11.6 Å². The fourth-order valence-electron chi connectivity index (χ4n) is 1.44. The summed E-state index contributed by atoms with van der Waals surface area (Å²) in [5.74, 6) is 1.07. The highest BCUT2D eigenvalue weighted by atomic mass is 32.2. The molecular formula is C10H12N6O2S2. The number of hydrogen-bond acceptors (Lipinski definition) is 9. The van der Waals surface area contributed by atoms with Gasteiger partial charge in [-0.2, -0.15) is 9.36 Å². The van der Waals surface area contributed by atoms with Crippen molar-refractivity contribution in [3.05, 3.63) is 21.6 Å². The van der Waals surface area contributed by atoms with Crippen molar-refractivity contribution < 1.29 is 4.92 Å². The molecule has 0 radical (unpaired) electrons. The van der Waals surface area contributed by atoms with Crippen LogP contribution in [0.5, 0.6) is 0 Å². The zero-order valence-electron chi connectivity index (χ0n) is 11.1. The minimum Gasteiger partial charge on any atom is -0.357 e. The van der Waals surface area contributed by atoms with Gasteiger partial charge < -0.3 is 5.32 Å². The van der Waals surface area contributed by atoms with Crippen molar-refractivity contribution in [3.8, 4) is 0 Å². The molecule has 8 nitrogen and oxygen atoms in total. The third-order valence-corrected chi connectivity index (χ3v) is 4.15. The van der Waals surface area contributed by atoms with E-state index in [-0.39, 0.29) is 10.7 Å². The van der Waals surface area contributed by atoms with E-state index in [9.17, 15) is 10.1 Å². The molecule has 0 fully saturated rings. The van der Waals surface area contributed by atoms with Gasteiger partial charge in [0.15, 0.2) is 9.37 Å². The van der Waals surface area contributed by atoms with E-state index in [0.29, 0.717) is 16.0 Å². The molecular weight excluding hydrogens is 300 g/mol. The SMILES string of the molecule is CCc1nsc(Sc2nc(NC)nc(C)c2[N+](=O)[O-])n1. The van der Waals surface area contributed by atoms with Crippen LogP contribution in [0.15, 0.2) is 9.37 Å². The van der Waals surface area contributed by atoms with E-state index in [1.54, 1.807) is 14.0 Å². The minimum atomic E-state index is -0.473. The zero-order chi connectivity index (χ0) is 14.7. The van der Waals surface area contributed by atoms with E-state index in [1.165, 1.54) is 11.5 Å². The number of rotatable bonds is 5. The lowest BCUT2D eigenvalue weighted by Crippen LogP contribution is -2.04. The number of nitrogens with one attached hydrogen (secondary N) is 1. The Kier molecular flexibility index (Phi) is 4.45. The molecule has 0 saturated heterocycles. The molecule has 0 atom stereocenters. The van der Waals surface area contributed by atoms with Gasteiger partial charge in [0.05, 0.1) is 4.92 Å². The molecule has 2 aromatic heterocycles. The van der Waals surface area contributed by atoms with Crippen LogP contribution in [0.1, 0.15) is 18.4 Å². The Bertz CT molecular complexity index is 645. The van der Waals surface area contributed by atoms with Crippen molar-refractivity contribution >= 4 is 34.9 Å². The molecule has 0 unspecified atom stereocenters. The molecule has 1 N–H and O–H groups in total. The van der Waals surface area contributed by atoms with Gasteiger partial charge >= 0.3 is 5.69 Å². The average molecular weight is 312 g/mol. The molecule has 0 bridgehead atoms. The number of nitro groups is 1. The Morgan fingerprint density at radius 2 is 2.15 bits per heavy atom. The smallest absolute Gasteiger partial charge is 0.322 e. The topological polar surface area (TPSA) is 107 Å². The highest BCUT2D eigenvalue weighted by molar-refractivity contribution is 8.01. The second-order valence-corrected chi connectivity index (χ2v) is 5.71. The summed E-state index contributed by atoms with van der Waals surface area (Å²) in [5.41, 5.74) is 0.222. The van der Waals surface area contributed by atoms with E-state index in [1.807, 2.05) is 6.92 Å². The molecule has 10 heteroatoms. The van der Waals surface area contributed by atoms with Crippen molar-refractivity contribution in [1.29, 1.82) is 0 Å². The van der Waals surface area contributed by atoms with Crippen LogP contribution < -0.4 is 5.32 Å². The molecule has 0 amide bonds. The third-order valence-electron chi connectivity index (χ3n) is 2.38. The van der Waals surface area contributed by atoms with Crippen molar-refractivity contribution in [2.75, 3.05) is 12.4 Å². The standard InChI is InChI=1S/C10H12N6O2S2/c1-4-6-13-10(20-15-6)19-8-7(16(17)18)5(2)12-9(11-3)14-8/h4H2,1-3H3,(H,11,12,14). The minimum absolute atomic E-state index is 0.0951. The summed E-state index contributed by atoms with van der Waals surface area (Å²) in [6.07, 6.45) is 0.726. The van der Waals surface area contributed by atoms with Crippen LogP contribution in [0.25, 0.3) is 0 Å². The Morgan fingerprint density at radius 1 is 1.40 bits per heavy atom. The van der Waals surface area contributed by atoms with Crippen molar-refractivity contribution in [2.45, 2.75) is 29.6 Å². The summed E-state index contributed by atoms with van der Waals surface area (Å²) >= 11 is 2.34. The fourth-order valence-corrected chi connectivity index (χ4v) is 3.20. The van der Waals surface area contributed by atoms with Crippen LogP contribution in [-0.4, -0.2) is 31.3 Å². The molecule has 2 heterocycles. The van der Waals surface area contributed by atoms with E-state index in [0.717, 1.165) is 24.0 Å². The third kappa shape index (κ3) is 3.02. The quantitative estimate of drug-likeness (QED) is 0.509. The van der Waals surface area contributed by atoms with Crippen LogP contribution in [0.3, 0.4) is 0 Å². The maximum Gasteiger partial charge on any atom is 0.322 e. The maximum absolute atomic E-state index is 11.2. The Labute approximate surface area is 123 Å². The summed E-state index contributed by atoms with van der Waals surface area (Å²) in [7, 11) is 1.66. The van der Waals surface area contributed by atoms with Crippen LogP contribution in [0.2, 0.25) is 0 Å². The van der Waals surface area contributed by atoms with Crippen molar-refractivity contribution in [3.63, 3.8) is 0 Å². The normalized spacial score (nSPS) is 10.6. The molecule has 0 saturated carbocycles. The lowest BCUT2D eigenvalue weighted by atomic mass is 10.4. The van der Waals surface area contributed by atoms with Gasteiger partial charge in [0, 0.05) is 13.5 Å². The van der Waals surface area contributed by atoms with Crippen LogP contribution in [0, 0.1) is 17.0 Å². The highest BCUT2D eigenvalue weighted by Crippen LogP contribution is 2.36. The first kappa shape index (κ1) is 14.6. The van der Waals surface area contributed by atoms with E-state index in [4.69, 9.17) is 0 Å². The first-order valence-corrected chi connectivity index (χ1v) is 7.35. The number of aryl methyl sites for hydroxylation is 2. The summed E-state index contributed by atoms with van der Waals surface area (Å²) in [6, 6.07) is 0. The van der Waals surface area contributed by atoms with Gasteiger partial charge in [-0.1, -0.05) is 6.92 Å². The summed E-state index contributed by atoms with van der Waals surface area (Å²) in [5, 5.41) is 14.2. The molecule has 0 spiro atoms. The lowest BCUT2D eigenvalue weighted by molar-refractivity contribution is -0.389. The maximum atomic E-state index is 11.2. The van der Waals surface area contributed by atoms with Gasteiger partial charge in [-0.3, -0.25) is 10.1 Å². The second-order valence-electron chi connectivity index (χ2n) is 3.73. The molecule has 0 aliphatic heterocycles. The van der Waals surface area contributed by atoms with Gasteiger partial charge in [-0.25, -0.2) is 9.97 Å². The lowest BCUT2D eigenvalue weighted by Gasteiger charge is -2.05. The van der Waals surface area contributed by atoms with E-state index >= 15 is 0 Å². The Hall–Kier alpha value is -1.81. The zero-order valence-corrected chi connectivity index (χ0v) is 12.7. The predicted octanol–water partition coefficient (Wildman–Crippen LogP) is 2.30.